The molecule has 2 rings (SSSR count). The molecule has 1 atom stereocenters. The molecule has 0 unspecified atom stereocenters. The van der Waals surface area contributed by atoms with Gasteiger partial charge in [0.2, 0.25) is 0 Å². The second-order valence-electron chi connectivity index (χ2n) is 4.61. The van der Waals surface area contributed by atoms with E-state index in [0.717, 1.165) is 12.0 Å². The molecule has 0 aliphatic heterocycles. The van der Waals surface area contributed by atoms with Crippen LogP contribution in [-0.4, -0.2) is 17.4 Å². The van der Waals surface area contributed by atoms with E-state index in [1.807, 2.05) is 48.5 Å². The van der Waals surface area contributed by atoms with E-state index in [1.54, 1.807) is 0 Å². The maximum atomic E-state index is 9.78. The second kappa shape index (κ2) is 8.12. The molecule has 0 heterocycles. The van der Waals surface area contributed by atoms with Gasteiger partial charge in [0.15, 0.2) is 0 Å². The van der Waals surface area contributed by atoms with Gasteiger partial charge in [0.1, 0.15) is 6.61 Å². The van der Waals surface area contributed by atoms with Crippen molar-refractivity contribution in [3.63, 3.8) is 0 Å². The molecule has 104 valence electrons. The maximum Gasteiger partial charge on any atom is 0.142 e. The third-order valence-electron chi connectivity index (χ3n) is 2.95. The molecular weight excluding hydrogens is 250 g/mol. The van der Waals surface area contributed by atoms with Gasteiger partial charge in [0, 0.05) is 0 Å². The first kappa shape index (κ1) is 14.3. The van der Waals surface area contributed by atoms with Crippen LogP contribution < -0.4 is 0 Å². The number of aryl methyl sites for hydroxylation is 1. The smallest absolute Gasteiger partial charge is 0.142 e. The fourth-order valence-corrected chi connectivity index (χ4v) is 1.83. The molecule has 0 radical (unpaired) electrons. The van der Waals surface area contributed by atoms with Gasteiger partial charge in [-0.15, -0.1) is 0 Å². The van der Waals surface area contributed by atoms with E-state index in [-0.39, 0.29) is 0 Å². The number of aliphatic hydroxyl groups excluding tert-OH is 1. The molecule has 0 aliphatic rings. The minimum atomic E-state index is -0.578. The molecule has 0 saturated carbocycles. The van der Waals surface area contributed by atoms with Crippen LogP contribution in [0, 0.1) is 0 Å². The van der Waals surface area contributed by atoms with Crippen LogP contribution in [0.4, 0.5) is 0 Å². The summed E-state index contributed by atoms with van der Waals surface area (Å²) in [7, 11) is 0. The topological polar surface area (TPSA) is 41.8 Å². The molecule has 0 fully saturated rings. The number of benzene rings is 2. The lowest BCUT2D eigenvalue weighted by atomic mass is 10.1. The van der Waals surface area contributed by atoms with E-state index < -0.39 is 6.10 Å². The predicted octanol–water partition coefficient (Wildman–Crippen LogP) is 3.18. The Morgan fingerprint density at radius 3 is 2.20 bits per heavy atom. The number of hydrogen-bond acceptors (Lipinski definition) is 3. The van der Waals surface area contributed by atoms with Gasteiger partial charge in [-0.3, -0.25) is 0 Å². The van der Waals surface area contributed by atoms with Crippen LogP contribution in [0.3, 0.4) is 0 Å². The average Bonchev–Trinajstić information content (AvgIpc) is 2.52. The molecule has 20 heavy (non-hydrogen) atoms. The second-order valence-corrected chi connectivity index (χ2v) is 4.61. The van der Waals surface area contributed by atoms with Crippen LogP contribution in [0.2, 0.25) is 0 Å². The molecule has 0 amide bonds. The monoisotopic (exact) mass is 269 g/mol. The Hall–Kier alpha value is -2.13. The Morgan fingerprint density at radius 2 is 1.55 bits per heavy atom. The molecule has 1 N–H and O–H groups in total. The van der Waals surface area contributed by atoms with Gasteiger partial charge in [0.05, 0.1) is 12.3 Å². The predicted molar refractivity (Wildman–Crippen MR) is 80.5 cm³/mol. The Bertz CT molecular complexity index is 511. The van der Waals surface area contributed by atoms with Crippen molar-refractivity contribution in [1.82, 2.24) is 0 Å². The highest BCUT2D eigenvalue weighted by molar-refractivity contribution is 5.61. The van der Waals surface area contributed by atoms with E-state index >= 15 is 0 Å². The van der Waals surface area contributed by atoms with Crippen molar-refractivity contribution in [1.29, 1.82) is 0 Å². The van der Waals surface area contributed by atoms with Crippen molar-refractivity contribution in [2.45, 2.75) is 25.6 Å². The Morgan fingerprint density at radius 1 is 0.950 bits per heavy atom. The number of aliphatic hydroxyl groups is 1. The van der Waals surface area contributed by atoms with Crippen LogP contribution >= 0.6 is 0 Å². The summed E-state index contributed by atoms with van der Waals surface area (Å²) in [6.45, 7) is 0.419. The van der Waals surface area contributed by atoms with Crippen molar-refractivity contribution in [3.8, 4) is 0 Å². The van der Waals surface area contributed by atoms with Crippen molar-refractivity contribution in [2.24, 2.45) is 5.16 Å². The van der Waals surface area contributed by atoms with E-state index in [0.29, 0.717) is 13.0 Å². The quantitative estimate of drug-likeness (QED) is 0.619. The normalized spacial score (nSPS) is 12.4. The molecule has 3 heteroatoms. The van der Waals surface area contributed by atoms with Crippen molar-refractivity contribution in [3.05, 3.63) is 71.8 Å². The summed E-state index contributed by atoms with van der Waals surface area (Å²) >= 11 is 0. The number of rotatable bonds is 7. The standard InChI is InChI=1S/C17H19NO2/c19-17(12-11-15-7-3-1-4-8-15)13-18-20-14-16-9-5-2-6-10-16/h1-10,13,17,19H,11-12,14H2/b18-13+/t17-/m0/s1. The molecule has 0 saturated heterocycles. The lowest BCUT2D eigenvalue weighted by Gasteiger charge is -2.05. The highest BCUT2D eigenvalue weighted by Gasteiger charge is 2.01. The van der Waals surface area contributed by atoms with E-state index in [9.17, 15) is 5.11 Å². The summed E-state index contributed by atoms with van der Waals surface area (Å²) in [5.41, 5.74) is 2.27. The van der Waals surface area contributed by atoms with Gasteiger partial charge in [-0.1, -0.05) is 65.8 Å². The molecule has 0 aliphatic carbocycles. The van der Waals surface area contributed by atoms with Crippen LogP contribution in [0.25, 0.3) is 0 Å². The van der Waals surface area contributed by atoms with Crippen LogP contribution in [0.15, 0.2) is 65.8 Å². The minimum absolute atomic E-state index is 0.419. The zero-order valence-corrected chi connectivity index (χ0v) is 11.4. The lowest BCUT2D eigenvalue weighted by Crippen LogP contribution is -2.09. The summed E-state index contributed by atoms with van der Waals surface area (Å²) < 4.78 is 0. The molecular formula is C17H19NO2. The van der Waals surface area contributed by atoms with Crippen LogP contribution in [0.5, 0.6) is 0 Å². The van der Waals surface area contributed by atoms with Crippen LogP contribution in [-0.2, 0) is 17.9 Å². The van der Waals surface area contributed by atoms with Gasteiger partial charge in [-0.2, -0.15) is 0 Å². The first-order valence-electron chi connectivity index (χ1n) is 6.76. The fourth-order valence-electron chi connectivity index (χ4n) is 1.83. The Kier molecular flexibility index (Phi) is 5.80. The van der Waals surface area contributed by atoms with Gasteiger partial charge >= 0.3 is 0 Å². The van der Waals surface area contributed by atoms with E-state index in [1.165, 1.54) is 11.8 Å². The first-order valence-corrected chi connectivity index (χ1v) is 6.76. The average molecular weight is 269 g/mol. The summed E-state index contributed by atoms with van der Waals surface area (Å²) in [6, 6.07) is 19.9. The third kappa shape index (κ3) is 5.24. The molecule has 0 aromatic heterocycles. The highest BCUT2D eigenvalue weighted by Crippen LogP contribution is 2.04. The van der Waals surface area contributed by atoms with Gasteiger partial charge in [0.25, 0.3) is 0 Å². The first-order chi connectivity index (χ1) is 9.84. The van der Waals surface area contributed by atoms with Gasteiger partial charge < -0.3 is 9.94 Å². The Balaban J connectivity index is 1.66. The summed E-state index contributed by atoms with van der Waals surface area (Å²) in [5.74, 6) is 0. The van der Waals surface area contributed by atoms with Crippen molar-refractivity contribution >= 4 is 6.21 Å². The molecule has 0 bridgehead atoms. The maximum absolute atomic E-state index is 9.78. The zero-order valence-electron chi connectivity index (χ0n) is 11.4. The summed E-state index contributed by atoms with van der Waals surface area (Å²) in [6.07, 6.45) is 2.34. The SMILES string of the molecule is O[C@H](/C=N/OCc1ccccc1)CCc1ccccc1. The molecule has 2 aromatic carbocycles. The van der Waals surface area contributed by atoms with Gasteiger partial charge in [-0.25, -0.2) is 0 Å². The minimum Gasteiger partial charge on any atom is -0.391 e. The van der Waals surface area contributed by atoms with Gasteiger partial charge in [-0.05, 0) is 24.0 Å². The van der Waals surface area contributed by atoms with Crippen molar-refractivity contribution in [2.75, 3.05) is 0 Å². The zero-order chi connectivity index (χ0) is 14.0. The third-order valence-corrected chi connectivity index (χ3v) is 2.95. The molecule has 0 spiro atoms. The molecule has 2 aromatic rings. The largest absolute Gasteiger partial charge is 0.391 e. The fraction of sp³-hybridized carbons (Fsp3) is 0.235. The van der Waals surface area contributed by atoms with E-state index in [2.05, 4.69) is 17.3 Å². The number of hydrogen-bond donors (Lipinski definition) is 1. The number of oxime groups is 1. The van der Waals surface area contributed by atoms with Crippen molar-refractivity contribution < 1.29 is 9.94 Å². The summed E-state index contributed by atoms with van der Waals surface area (Å²) in [4.78, 5) is 5.15. The number of nitrogens with zero attached hydrogens (tertiary/aromatic N) is 1. The molecule has 3 nitrogen and oxygen atoms in total. The highest BCUT2D eigenvalue weighted by atomic mass is 16.6. The summed E-state index contributed by atoms with van der Waals surface area (Å²) in [5, 5.41) is 13.6. The Labute approximate surface area is 119 Å². The lowest BCUT2D eigenvalue weighted by molar-refractivity contribution is 0.126. The van der Waals surface area contributed by atoms with E-state index in [4.69, 9.17) is 4.84 Å². The van der Waals surface area contributed by atoms with Crippen LogP contribution in [0.1, 0.15) is 17.5 Å².